The fourth-order valence-corrected chi connectivity index (χ4v) is 0.882. The van der Waals surface area contributed by atoms with Gasteiger partial charge < -0.3 is 27.4 Å². The number of nitrogens with two attached hydrogens (primary N) is 1. The van der Waals surface area contributed by atoms with E-state index in [1.165, 1.54) is 0 Å². The number of rotatable bonds is 10. The predicted octanol–water partition coefficient (Wildman–Crippen LogP) is 2.95. The molecule has 6 heteroatoms. The first-order valence-electron chi connectivity index (χ1n) is 7.50. The van der Waals surface area contributed by atoms with Gasteiger partial charge in [-0.15, -0.1) is 0 Å². The number of hydrogen-bond acceptors (Lipinski definition) is 6. The summed E-state index contributed by atoms with van der Waals surface area (Å²) in [7, 11) is 0. The van der Waals surface area contributed by atoms with Crippen LogP contribution in [0.3, 0.4) is 0 Å². The third-order valence-corrected chi connectivity index (χ3v) is 1.80. The summed E-state index contributed by atoms with van der Waals surface area (Å²) in [4.78, 5) is 29.3. The van der Waals surface area contributed by atoms with E-state index in [0.717, 1.165) is 32.4 Å². The Balaban J connectivity index is -0.0000000299. The fraction of sp³-hybridized carbons (Fsp3) is 0.833. The highest BCUT2D eigenvalue weighted by Gasteiger charge is 1.87. The minimum Gasteiger partial charge on any atom is -1.00 e. The molecule has 0 spiro atoms. The molecule has 0 aliphatic heterocycles. The molecule has 0 aliphatic rings. The van der Waals surface area contributed by atoms with E-state index in [1.807, 2.05) is 0 Å². The zero-order valence-corrected chi connectivity index (χ0v) is 13.0. The van der Waals surface area contributed by atoms with E-state index in [4.69, 9.17) is 6.17 Å². The minimum absolute atomic E-state index is 0. The van der Waals surface area contributed by atoms with Crippen LogP contribution in [0.1, 0.15) is 72.5 Å². The SMILES string of the molecule is C.C.C.C.CCCNCC(C)=O.NCC=O.[2H-].[2H]C(=O)CNCCCC. The summed E-state index contributed by atoms with van der Waals surface area (Å²) >= 11 is 0. The fourth-order valence-electron chi connectivity index (χ4n) is 0.882. The van der Waals surface area contributed by atoms with Crippen LogP contribution >= 0.6 is 0 Å². The second-order valence-corrected chi connectivity index (χ2v) is 3.96. The number of nitrogens with one attached hydrogen (secondary N) is 2. The lowest BCUT2D eigenvalue weighted by Crippen LogP contribution is -2.21. The number of hydrogen-bond donors (Lipinski definition) is 3. The molecule has 0 aromatic heterocycles. The first-order chi connectivity index (χ1) is 9.95. The molecule has 0 saturated carbocycles. The lowest BCUT2D eigenvalue weighted by atomic mass is 10.3. The van der Waals surface area contributed by atoms with Gasteiger partial charge in [0.2, 0.25) is 0 Å². The van der Waals surface area contributed by atoms with Gasteiger partial charge in [0.1, 0.15) is 19.7 Å². The van der Waals surface area contributed by atoms with E-state index < -0.39 is 6.26 Å². The molecule has 0 aromatic carbocycles. The Bertz CT molecular complexity index is 258. The normalized spacial score (nSPS) is 7.75. The Labute approximate surface area is 155 Å². The number of carbonyl (C=O) groups is 3. The first kappa shape index (κ1) is 38.4. The number of ketones is 1. The summed E-state index contributed by atoms with van der Waals surface area (Å²) in [5.74, 6) is 0.207. The van der Waals surface area contributed by atoms with Gasteiger partial charge >= 0.3 is 0 Å². The molecule has 0 bridgehead atoms. The van der Waals surface area contributed by atoms with E-state index in [2.05, 4.69) is 30.2 Å². The van der Waals surface area contributed by atoms with Gasteiger partial charge in [0.15, 0.2) is 0 Å². The van der Waals surface area contributed by atoms with Crippen LogP contribution in [0.4, 0.5) is 0 Å². The topological polar surface area (TPSA) is 101 Å². The molecule has 0 aliphatic carbocycles. The van der Waals surface area contributed by atoms with E-state index in [-0.39, 0.29) is 50.0 Å². The van der Waals surface area contributed by atoms with Gasteiger partial charge in [-0.3, -0.25) is 4.79 Å². The lowest BCUT2D eigenvalue weighted by Gasteiger charge is -1.95. The van der Waals surface area contributed by atoms with Crippen molar-refractivity contribution in [2.45, 2.75) is 69.7 Å². The van der Waals surface area contributed by atoms with Crippen LogP contribution in [0.2, 0.25) is 0 Å². The van der Waals surface area contributed by atoms with Gasteiger partial charge in [0.25, 0.3) is 0 Å². The van der Waals surface area contributed by atoms with Crippen LogP contribution in [-0.4, -0.2) is 51.1 Å². The molecule has 0 fully saturated rings. The van der Waals surface area contributed by atoms with Crippen molar-refractivity contribution >= 4 is 18.3 Å². The molecular weight excluding hydrogens is 306 g/mol. The van der Waals surface area contributed by atoms with Crippen molar-refractivity contribution in [1.29, 1.82) is 0 Å². The first-order valence-corrected chi connectivity index (χ1v) is 7.00. The van der Waals surface area contributed by atoms with Gasteiger partial charge in [-0.2, -0.15) is 0 Å². The molecule has 154 valence electrons. The molecule has 4 N–H and O–H groups in total. The third-order valence-electron chi connectivity index (χ3n) is 1.80. The van der Waals surface area contributed by atoms with Gasteiger partial charge in [-0.1, -0.05) is 50.0 Å². The van der Waals surface area contributed by atoms with Gasteiger partial charge in [0.05, 0.1) is 13.1 Å². The molecule has 0 saturated heterocycles. The third kappa shape index (κ3) is 84.5. The van der Waals surface area contributed by atoms with Crippen LogP contribution in [0.5, 0.6) is 0 Å². The maximum Gasteiger partial charge on any atom is 0.143 e. The molecule has 0 heterocycles. The Morgan fingerprint density at radius 1 is 1.08 bits per heavy atom. The van der Waals surface area contributed by atoms with Gasteiger partial charge in [-0.05, 0) is 32.9 Å². The lowest BCUT2D eigenvalue weighted by molar-refractivity contribution is -0.116. The number of unbranched alkanes of at least 4 members (excludes halogenated alkanes) is 1. The Morgan fingerprint density at radius 2 is 1.58 bits per heavy atom. The van der Waals surface area contributed by atoms with Crippen molar-refractivity contribution in [1.82, 2.24) is 10.6 Å². The van der Waals surface area contributed by atoms with Crippen molar-refractivity contribution in [2.24, 2.45) is 5.73 Å². The van der Waals surface area contributed by atoms with Gasteiger partial charge in [0, 0.05) is 6.54 Å². The molecule has 0 rings (SSSR count). The van der Waals surface area contributed by atoms with E-state index in [0.29, 0.717) is 12.8 Å². The highest BCUT2D eigenvalue weighted by molar-refractivity contribution is 5.77. The number of carbonyl (C=O) groups excluding carboxylic acids is 3. The zero-order chi connectivity index (χ0) is 16.9. The maximum atomic E-state index is 10.3. The van der Waals surface area contributed by atoms with E-state index in [9.17, 15) is 9.59 Å². The second-order valence-electron chi connectivity index (χ2n) is 3.96. The Kier molecular flexibility index (Phi) is 79.3. The number of aldehydes is 2. The molecule has 24 heavy (non-hydrogen) atoms. The molecular formula is C18H48N3O3-. The summed E-state index contributed by atoms with van der Waals surface area (Å²) < 4.78 is 6.51. The summed E-state index contributed by atoms with van der Waals surface area (Å²) in [5, 5.41) is 5.83. The van der Waals surface area contributed by atoms with Crippen LogP contribution in [-0.2, 0) is 14.4 Å². The summed E-state index contributed by atoms with van der Waals surface area (Å²) in [6.45, 7) is 8.40. The van der Waals surface area contributed by atoms with E-state index >= 15 is 0 Å². The summed E-state index contributed by atoms with van der Waals surface area (Å²) in [6.07, 6.45) is 3.41. The smallest absolute Gasteiger partial charge is 0.143 e. The van der Waals surface area contributed by atoms with Crippen LogP contribution in [0.15, 0.2) is 0 Å². The standard InChI is InChI=1S/2C6H13NO.C2H5NO.4CH4.H/c1-3-4-7-5-6(2)8;1-2-3-4-7-5-6-8;3-1-2-4;;;;;/h7H,3-5H2,1-2H3;6-7H,2-5H2,1H3;2H,1,3H2;4*1H4;/q;;;;;;;-1/i;6D;;;;;;1+1. The molecule has 0 unspecified atom stereocenters. The Hall–Kier alpha value is -1.11. The van der Waals surface area contributed by atoms with Crippen molar-refractivity contribution in [3.8, 4) is 0 Å². The van der Waals surface area contributed by atoms with Crippen molar-refractivity contribution in [3.05, 3.63) is 0 Å². The Morgan fingerprint density at radius 3 is 1.88 bits per heavy atom. The monoisotopic (exact) mass is 356 g/mol. The van der Waals surface area contributed by atoms with E-state index in [1.54, 1.807) is 6.92 Å². The minimum atomic E-state index is -0.536. The quantitative estimate of drug-likeness (QED) is 0.411. The largest absolute Gasteiger partial charge is 1.00 e. The number of Topliss-reactive ketones (excluding diaryl/α,β-unsaturated/α-hetero) is 1. The molecule has 0 aromatic rings. The molecule has 6 nitrogen and oxygen atoms in total. The second kappa shape index (κ2) is 49.5. The van der Waals surface area contributed by atoms with Crippen LogP contribution in [0, 0.1) is 0 Å². The molecule has 0 radical (unpaired) electrons. The van der Waals surface area contributed by atoms with Crippen LogP contribution < -0.4 is 16.4 Å². The molecule has 0 atom stereocenters. The average Bonchev–Trinajstić information content (AvgIpc) is 2.44. The zero-order valence-electron chi connectivity index (χ0n) is 15.0. The average molecular weight is 357 g/mol. The summed E-state index contributed by atoms with van der Waals surface area (Å²) in [5.41, 5.74) is 4.66. The van der Waals surface area contributed by atoms with Gasteiger partial charge in [-0.25, -0.2) is 0 Å². The molecule has 0 amide bonds. The van der Waals surface area contributed by atoms with Crippen molar-refractivity contribution in [3.63, 3.8) is 0 Å². The van der Waals surface area contributed by atoms with Crippen molar-refractivity contribution in [2.75, 3.05) is 32.7 Å². The highest BCUT2D eigenvalue weighted by Crippen LogP contribution is 1.80. The van der Waals surface area contributed by atoms with Crippen LogP contribution in [0.25, 0.3) is 0 Å². The summed E-state index contributed by atoms with van der Waals surface area (Å²) in [6, 6.07) is 0. The predicted molar refractivity (Wildman–Crippen MR) is 111 cm³/mol. The maximum absolute atomic E-state index is 10.3. The van der Waals surface area contributed by atoms with Crippen molar-refractivity contribution < 1.29 is 17.2 Å². The highest BCUT2D eigenvalue weighted by atomic mass is 16.1.